The molecule has 1 aliphatic rings. The predicted molar refractivity (Wildman–Crippen MR) is 93.5 cm³/mol. The molecule has 0 radical (unpaired) electrons. The van der Waals surface area contributed by atoms with E-state index in [-0.39, 0.29) is 11.6 Å². The van der Waals surface area contributed by atoms with Crippen LogP contribution in [0.25, 0.3) is 11.5 Å². The molecule has 0 aromatic carbocycles. The summed E-state index contributed by atoms with van der Waals surface area (Å²) in [7, 11) is 0. The highest BCUT2D eigenvalue weighted by atomic mass is 16.5. The van der Waals surface area contributed by atoms with E-state index in [1.165, 1.54) is 0 Å². The van der Waals surface area contributed by atoms with Crippen molar-refractivity contribution in [2.24, 2.45) is 5.92 Å². The Balaban J connectivity index is 1.27. The zero-order chi connectivity index (χ0) is 17.8. The monoisotopic (exact) mass is 353 g/mol. The zero-order valence-corrected chi connectivity index (χ0v) is 14.2. The molecule has 0 bridgehead atoms. The normalized spacial score (nSPS) is 15.2. The van der Waals surface area contributed by atoms with Crippen molar-refractivity contribution in [1.82, 2.24) is 20.4 Å². The Labute approximate surface area is 150 Å². The highest BCUT2D eigenvalue weighted by Gasteiger charge is 2.22. The summed E-state index contributed by atoms with van der Waals surface area (Å²) in [5.74, 6) is 1.95. The van der Waals surface area contributed by atoms with Crippen LogP contribution in [0.1, 0.15) is 23.3 Å². The van der Waals surface area contributed by atoms with Crippen LogP contribution in [-0.4, -0.2) is 40.7 Å². The minimum atomic E-state index is -0.236. The number of piperidine rings is 1. The van der Waals surface area contributed by atoms with E-state index in [0.29, 0.717) is 24.0 Å². The first-order valence-electron chi connectivity index (χ1n) is 8.60. The first kappa shape index (κ1) is 16.3. The van der Waals surface area contributed by atoms with Gasteiger partial charge in [0, 0.05) is 38.1 Å². The van der Waals surface area contributed by atoms with Crippen LogP contribution in [0.15, 0.2) is 51.9 Å². The number of nitrogens with one attached hydrogen (secondary N) is 1. The number of aromatic nitrogens is 3. The van der Waals surface area contributed by atoms with Crippen molar-refractivity contribution in [3.05, 3.63) is 48.6 Å². The number of nitrogens with zero attached hydrogens (tertiary/aromatic N) is 4. The number of rotatable bonds is 5. The maximum absolute atomic E-state index is 12.3. The fourth-order valence-electron chi connectivity index (χ4n) is 3.04. The van der Waals surface area contributed by atoms with Crippen LogP contribution in [0.4, 0.5) is 5.95 Å². The fraction of sp³-hybridized carbons (Fsp3) is 0.333. The third kappa shape index (κ3) is 3.58. The lowest BCUT2D eigenvalue weighted by Crippen LogP contribution is -2.39. The van der Waals surface area contributed by atoms with Crippen molar-refractivity contribution in [2.75, 3.05) is 24.5 Å². The third-order valence-corrected chi connectivity index (χ3v) is 4.51. The lowest BCUT2D eigenvalue weighted by atomic mass is 9.97. The van der Waals surface area contributed by atoms with E-state index in [2.05, 4.69) is 25.3 Å². The lowest BCUT2D eigenvalue weighted by molar-refractivity contribution is 0.0936. The summed E-state index contributed by atoms with van der Waals surface area (Å²) in [5.41, 5.74) is 0.256. The quantitative estimate of drug-likeness (QED) is 0.752. The molecule has 1 amide bonds. The molecule has 0 spiro atoms. The Kier molecular flexibility index (Phi) is 4.63. The van der Waals surface area contributed by atoms with Gasteiger partial charge in [-0.3, -0.25) is 4.79 Å². The van der Waals surface area contributed by atoms with E-state index in [1.807, 2.05) is 6.07 Å². The van der Waals surface area contributed by atoms with Crippen LogP contribution < -0.4 is 10.2 Å². The predicted octanol–water partition coefficient (Wildman–Crippen LogP) is 2.37. The van der Waals surface area contributed by atoms with Crippen molar-refractivity contribution >= 4 is 11.9 Å². The van der Waals surface area contributed by atoms with Gasteiger partial charge in [-0.05, 0) is 37.0 Å². The van der Waals surface area contributed by atoms with Gasteiger partial charge in [-0.15, -0.1) is 0 Å². The van der Waals surface area contributed by atoms with Crippen LogP contribution in [0.2, 0.25) is 0 Å². The van der Waals surface area contributed by atoms with Crippen molar-refractivity contribution in [2.45, 2.75) is 12.8 Å². The average molecular weight is 353 g/mol. The van der Waals surface area contributed by atoms with Gasteiger partial charge in [0.1, 0.15) is 0 Å². The third-order valence-electron chi connectivity index (χ3n) is 4.51. The van der Waals surface area contributed by atoms with Crippen molar-refractivity contribution < 1.29 is 13.7 Å². The molecule has 26 heavy (non-hydrogen) atoms. The first-order chi connectivity index (χ1) is 12.8. The van der Waals surface area contributed by atoms with E-state index in [1.54, 1.807) is 36.9 Å². The van der Waals surface area contributed by atoms with Crippen LogP contribution in [-0.2, 0) is 0 Å². The van der Waals surface area contributed by atoms with Crippen LogP contribution >= 0.6 is 0 Å². The van der Waals surface area contributed by atoms with Gasteiger partial charge in [0.05, 0.1) is 6.26 Å². The van der Waals surface area contributed by atoms with Gasteiger partial charge in [0.15, 0.2) is 11.5 Å². The highest BCUT2D eigenvalue weighted by Crippen LogP contribution is 2.21. The zero-order valence-electron chi connectivity index (χ0n) is 14.2. The van der Waals surface area contributed by atoms with Crippen LogP contribution in [0.3, 0.4) is 0 Å². The minimum absolute atomic E-state index is 0.236. The maximum atomic E-state index is 12.3. The van der Waals surface area contributed by atoms with Gasteiger partial charge in [-0.25, -0.2) is 9.97 Å². The molecule has 3 aromatic rings. The fourth-order valence-corrected chi connectivity index (χ4v) is 3.04. The minimum Gasteiger partial charge on any atom is -0.461 e. The second kappa shape index (κ2) is 7.38. The molecule has 8 heteroatoms. The van der Waals surface area contributed by atoms with Crippen molar-refractivity contribution in [3.8, 4) is 11.5 Å². The lowest BCUT2D eigenvalue weighted by Gasteiger charge is -2.31. The van der Waals surface area contributed by atoms with Gasteiger partial charge in [-0.1, -0.05) is 5.16 Å². The first-order valence-corrected chi connectivity index (χ1v) is 8.60. The Morgan fingerprint density at radius 1 is 1.19 bits per heavy atom. The standard InChI is InChI=1S/C18H19N5O3/c24-17(14-11-16(26-22-14)15-3-1-10-25-15)21-12-13-4-8-23(9-5-13)18-19-6-2-7-20-18/h1-3,6-7,10-11,13H,4-5,8-9,12H2,(H,21,24). The molecule has 0 aliphatic carbocycles. The second-order valence-corrected chi connectivity index (χ2v) is 6.24. The number of carbonyl (C=O) groups excluding carboxylic acids is 1. The summed E-state index contributed by atoms with van der Waals surface area (Å²) in [4.78, 5) is 23.0. The highest BCUT2D eigenvalue weighted by molar-refractivity contribution is 5.92. The molecule has 1 aliphatic heterocycles. The number of carbonyl (C=O) groups is 1. The molecule has 4 heterocycles. The molecule has 1 fully saturated rings. The Morgan fingerprint density at radius 2 is 2.00 bits per heavy atom. The average Bonchev–Trinajstić information content (AvgIpc) is 3.39. The topological polar surface area (TPSA) is 97.3 Å². The van der Waals surface area contributed by atoms with Gasteiger partial charge in [-0.2, -0.15) is 0 Å². The SMILES string of the molecule is O=C(NCC1CCN(c2ncccn2)CC1)c1cc(-c2ccco2)on1. The molecule has 0 unspecified atom stereocenters. The molecule has 1 N–H and O–H groups in total. The maximum Gasteiger partial charge on any atom is 0.273 e. The summed E-state index contributed by atoms with van der Waals surface area (Å²) in [6, 6.07) is 6.91. The van der Waals surface area contributed by atoms with E-state index < -0.39 is 0 Å². The molecule has 134 valence electrons. The molecular formula is C18H19N5O3. The molecule has 0 atom stereocenters. The van der Waals surface area contributed by atoms with Gasteiger partial charge in [0.2, 0.25) is 11.7 Å². The number of hydrogen-bond donors (Lipinski definition) is 1. The molecule has 3 aromatic heterocycles. The van der Waals surface area contributed by atoms with Gasteiger partial charge >= 0.3 is 0 Å². The molecule has 8 nitrogen and oxygen atoms in total. The summed E-state index contributed by atoms with van der Waals surface area (Å²) in [6.07, 6.45) is 7.02. The molecule has 4 rings (SSSR count). The largest absolute Gasteiger partial charge is 0.461 e. The molecular weight excluding hydrogens is 334 g/mol. The summed E-state index contributed by atoms with van der Waals surface area (Å²) in [6.45, 7) is 2.39. The summed E-state index contributed by atoms with van der Waals surface area (Å²) < 4.78 is 10.4. The van der Waals surface area contributed by atoms with Crippen LogP contribution in [0, 0.1) is 5.92 Å². The van der Waals surface area contributed by atoms with Gasteiger partial charge in [0.25, 0.3) is 5.91 Å². The van der Waals surface area contributed by atoms with E-state index in [0.717, 1.165) is 31.9 Å². The van der Waals surface area contributed by atoms with Gasteiger partial charge < -0.3 is 19.2 Å². The Hall–Kier alpha value is -3.16. The molecule has 0 saturated carbocycles. The number of furan rings is 1. The van der Waals surface area contributed by atoms with Crippen molar-refractivity contribution in [3.63, 3.8) is 0 Å². The number of amides is 1. The van der Waals surface area contributed by atoms with E-state index in [4.69, 9.17) is 8.94 Å². The summed E-state index contributed by atoms with van der Waals surface area (Å²) >= 11 is 0. The van der Waals surface area contributed by atoms with E-state index >= 15 is 0 Å². The molecule has 1 saturated heterocycles. The smallest absolute Gasteiger partial charge is 0.273 e. The second-order valence-electron chi connectivity index (χ2n) is 6.24. The Bertz CT molecular complexity index is 839. The van der Waals surface area contributed by atoms with Crippen LogP contribution in [0.5, 0.6) is 0 Å². The van der Waals surface area contributed by atoms with E-state index in [9.17, 15) is 4.79 Å². The Morgan fingerprint density at radius 3 is 2.73 bits per heavy atom. The van der Waals surface area contributed by atoms with Crippen molar-refractivity contribution in [1.29, 1.82) is 0 Å². The summed E-state index contributed by atoms with van der Waals surface area (Å²) in [5, 5.41) is 6.76. The number of hydrogen-bond acceptors (Lipinski definition) is 7. The number of anilines is 1.